The number of carbonyl (C=O) groups is 2. The maximum Gasteiger partial charge on any atom is 0.337 e. The SMILES string of the molecule is COC(=O)c1ccc([C@H]2C=C(C(=O)N3CCCCC3)O[C@@H](OCCN(CCO)S(=O)(=O)c3ccc(OC)cc3)C2)cc1. The minimum Gasteiger partial charge on any atom is -0.497 e. The van der Waals surface area contributed by atoms with Gasteiger partial charge in [-0.2, -0.15) is 4.31 Å². The molecule has 2 atom stereocenters. The van der Waals surface area contributed by atoms with Crippen LogP contribution in [0.2, 0.25) is 0 Å². The topological polar surface area (TPSA) is 132 Å². The first-order valence-electron chi connectivity index (χ1n) is 14.0. The summed E-state index contributed by atoms with van der Waals surface area (Å²) in [4.78, 5) is 27.1. The van der Waals surface area contributed by atoms with Crippen molar-refractivity contribution in [3.8, 4) is 5.75 Å². The largest absolute Gasteiger partial charge is 0.497 e. The molecule has 4 rings (SSSR count). The molecule has 1 saturated heterocycles. The Bertz CT molecular complexity index is 1340. The van der Waals surface area contributed by atoms with Crippen LogP contribution in [0.25, 0.3) is 0 Å². The Labute approximate surface area is 246 Å². The van der Waals surface area contributed by atoms with Crippen LogP contribution in [0.1, 0.15) is 47.5 Å². The molecule has 1 amide bonds. The minimum absolute atomic E-state index is 0.0285. The van der Waals surface area contributed by atoms with Gasteiger partial charge in [-0.1, -0.05) is 12.1 Å². The van der Waals surface area contributed by atoms with Crippen LogP contribution in [-0.4, -0.2) is 94.5 Å². The molecule has 228 valence electrons. The second kappa shape index (κ2) is 14.6. The summed E-state index contributed by atoms with van der Waals surface area (Å²) in [5.74, 6) is -0.173. The summed E-state index contributed by atoms with van der Waals surface area (Å²) in [6.07, 6.45) is 4.29. The van der Waals surface area contributed by atoms with E-state index >= 15 is 0 Å². The molecule has 2 aromatic carbocycles. The molecule has 0 spiro atoms. The number of sulfonamides is 1. The zero-order chi connectivity index (χ0) is 30.1. The lowest BCUT2D eigenvalue weighted by atomic mass is 9.92. The van der Waals surface area contributed by atoms with Crippen LogP contribution >= 0.6 is 0 Å². The number of piperidine rings is 1. The van der Waals surface area contributed by atoms with Gasteiger partial charge in [-0.3, -0.25) is 4.79 Å². The van der Waals surface area contributed by atoms with Crippen LogP contribution in [0, 0.1) is 0 Å². The molecule has 2 aliphatic heterocycles. The third-order valence-corrected chi connectivity index (χ3v) is 9.28. The molecule has 1 fully saturated rings. The highest BCUT2D eigenvalue weighted by atomic mass is 32.2. The molecule has 11 nitrogen and oxygen atoms in total. The fourth-order valence-electron chi connectivity index (χ4n) is 5.03. The molecule has 2 aromatic rings. The number of esters is 1. The van der Waals surface area contributed by atoms with Crippen LogP contribution in [0.5, 0.6) is 5.75 Å². The van der Waals surface area contributed by atoms with Crippen molar-refractivity contribution in [2.75, 3.05) is 53.6 Å². The first-order chi connectivity index (χ1) is 20.3. The highest BCUT2D eigenvalue weighted by Gasteiger charge is 2.32. The number of benzene rings is 2. The van der Waals surface area contributed by atoms with Gasteiger partial charge in [-0.25, -0.2) is 13.2 Å². The van der Waals surface area contributed by atoms with Crippen molar-refractivity contribution in [1.29, 1.82) is 0 Å². The van der Waals surface area contributed by atoms with Crippen molar-refractivity contribution in [1.82, 2.24) is 9.21 Å². The van der Waals surface area contributed by atoms with E-state index in [2.05, 4.69) is 0 Å². The van der Waals surface area contributed by atoms with E-state index in [1.165, 1.54) is 26.4 Å². The average molecular weight is 603 g/mol. The van der Waals surface area contributed by atoms with Gasteiger partial charge in [0.1, 0.15) is 5.75 Å². The van der Waals surface area contributed by atoms with Gasteiger partial charge in [-0.15, -0.1) is 0 Å². The standard InChI is InChI=1S/C30H38N2O9S/c1-38-25-10-12-26(13-11-25)42(36,37)32(16-18-33)17-19-40-28-21-24(22-6-8-23(9-7-22)30(35)39-2)20-27(41-28)29(34)31-14-4-3-5-15-31/h6-13,20,24,28,33H,3-5,14-19,21H2,1-2H3/t24-,28+/m0/s1. The quantitative estimate of drug-likeness (QED) is 0.364. The summed E-state index contributed by atoms with van der Waals surface area (Å²) < 4.78 is 49.6. The number of nitrogens with zero attached hydrogens (tertiary/aromatic N) is 2. The number of rotatable bonds is 12. The molecule has 0 unspecified atom stereocenters. The minimum atomic E-state index is -3.91. The fourth-order valence-corrected chi connectivity index (χ4v) is 6.44. The number of carbonyl (C=O) groups excluding carboxylic acids is 2. The van der Waals surface area contributed by atoms with E-state index < -0.39 is 22.3 Å². The van der Waals surface area contributed by atoms with Gasteiger partial charge in [0.25, 0.3) is 5.91 Å². The third-order valence-electron chi connectivity index (χ3n) is 7.36. The fraction of sp³-hybridized carbons (Fsp3) is 0.467. The molecule has 2 heterocycles. The van der Waals surface area contributed by atoms with Crippen LogP contribution in [0.4, 0.5) is 0 Å². The maximum atomic E-state index is 13.4. The van der Waals surface area contributed by atoms with Gasteiger partial charge in [0.15, 0.2) is 5.76 Å². The summed E-state index contributed by atoms with van der Waals surface area (Å²) in [6, 6.07) is 13.0. The highest BCUT2D eigenvalue weighted by molar-refractivity contribution is 7.89. The predicted molar refractivity (Wildman–Crippen MR) is 153 cm³/mol. The van der Waals surface area contributed by atoms with Crippen LogP contribution in [0.3, 0.4) is 0 Å². The number of hydrogen-bond donors (Lipinski definition) is 1. The van der Waals surface area contributed by atoms with Gasteiger partial charge >= 0.3 is 5.97 Å². The summed E-state index contributed by atoms with van der Waals surface area (Å²) in [7, 11) is -1.09. The summed E-state index contributed by atoms with van der Waals surface area (Å²) in [6.45, 7) is 0.768. The number of aliphatic hydroxyl groups excluding tert-OH is 1. The van der Waals surface area contributed by atoms with Gasteiger partial charge in [-0.05, 0) is 67.3 Å². The summed E-state index contributed by atoms with van der Waals surface area (Å²) in [5, 5.41) is 9.56. The first-order valence-corrected chi connectivity index (χ1v) is 15.4. The summed E-state index contributed by atoms with van der Waals surface area (Å²) >= 11 is 0. The van der Waals surface area contributed by atoms with Gasteiger partial charge in [0, 0.05) is 38.5 Å². The smallest absolute Gasteiger partial charge is 0.337 e. The molecule has 1 N–H and O–H groups in total. The average Bonchev–Trinajstić information content (AvgIpc) is 3.04. The van der Waals surface area contributed by atoms with Crippen molar-refractivity contribution in [2.45, 2.75) is 42.8 Å². The van der Waals surface area contributed by atoms with E-state index in [0.29, 0.717) is 30.8 Å². The second-order valence-electron chi connectivity index (χ2n) is 10.1. The lowest BCUT2D eigenvalue weighted by molar-refractivity contribution is -0.153. The number of allylic oxidation sites excluding steroid dienone is 1. The zero-order valence-electron chi connectivity index (χ0n) is 23.9. The molecule has 0 radical (unpaired) electrons. The molecule has 12 heteroatoms. The van der Waals surface area contributed by atoms with E-state index in [9.17, 15) is 23.1 Å². The Balaban J connectivity index is 1.48. The number of hydrogen-bond acceptors (Lipinski definition) is 9. The van der Waals surface area contributed by atoms with E-state index in [1.807, 2.05) is 12.1 Å². The van der Waals surface area contributed by atoms with Crippen molar-refractivity contribution in [3.63, 3.8) is 0 Å². The van der Waals surface area contributed by atoms with Crippen molar-refractivity contribution >= 4 is 21.9 Å². The number of likely N-dealkylation sites (tertiary alicyclic amines) is 1. The molecular formula is C30H38N2O9S. The third kappa shape index (κ3) is 7.68. The monoisotopic (exact) mass is 602 g/mol. The Hall–Kier alpha value is -3.45. The van der Waals surface area contributed by atoms with Crippen LogP contribution < -0.4 is 4.74 Å². The molecule has 0 bridgehead atoms. The van der Waals surface area contributed by atoms with Gasteiger partial charge in [0.2, 0.25) is 16.3 Å². The predicted octanol–water partition coefficient (Wildman–Crippen LogP) is 2.91. The molecular weight excluding hydrogens is 564 g/mol. The molecule has 2 aliphatic rings. The van der Waals surface area contributed by atoms with E-state index in [0.717, 1.165) is 29.1 Å². The normalized spacial score (nSPS) is 19.1. The van der Waals surface area contributed by atoms with Crippen molar-refractivity contribution in [2.24, 2.45) is 0 Å². The Morgan fingerprint density at radius 3 is 2.31 bits per heavy atom. The Morgan fingerprint density at radius 2 is 1.69 bits per heavy atom. The number of aliphatic hydroxyl groups is 1. The molecule has 0 saturated carbocycles. The Kier molecular flexibility index (Phi) is 11.0. The van der Waals surface area contributed by atoms with E-state index in [1.54, 1.807) is 35.2 Å². The molecule has 0 aliphatic carbocycles. The van der Waals surface area contributed by atoms with Crippen LogP contribution in [-0.2, 0) is 29.0 Å². The summed E-state index contributed by atoms with van der Waals surface area (Å²) in [5.41, 5.74) is 1.28. The number of methoxy groups -OCH3 is 2. The van der Waals surface area contributed by atoms with Crippen LogP contribution in [0.15, 0.2) is 65.3 Å². The lowest BCUT2D eigenvalue weighted by Gasteiger charge is -2.33. The second-order valence-corrected chi connectivity index (χ2v) is 12.0. The number of ether oxygens (including phenoxy) is 4. The van der Waals surface area contributed by atoms with E-state index in [4.69, 9.17) is 18.9 Å². The first kappa shape index (κ1) is 31.5. The van der Waals surface area contributed by atoms with E-state index in [-0.39, 0.29) is 48.8 Å². The Morgan fingerprint density at radius 1 is 1.00 bits per heavy atom. The molecule has 0 aromatic heterocycles. The van der Waals surface area contributed by atoms with Gasteiger partial charge < -0.3 is 29.0 Å². The zero-order valence-corrected chi connectivity index (χ0v) is 24.8. The number of amides is 1. The maximum absolute atomic E-state index is 13.4. The lowest BCUT2D eigenvalue weighted by Crippen LogP contribution is -2.40. The molecule has 42 heavy (non-hydrogen) atoms. The van der Waals surface area contributed by atoms with Gasteiger partial charge in [0.05, 0.1) is 37.9 Å². The van der Waals surface area contributed by atoms with Crippen molar-refractivity contribution < 1.29 is 42.1 Å². The highest BCUT2D eigenvalue weighted by Crippen LogP contribution is 2.33. The van der Waals surface area contributed by atoms with Crippen molar-refractivity contribution in [3.05, 3.63) is 71.5 Å².